The minimum absolute atomic E-state index is 0.0748. The highest BCUT2D eigenvalue weighted by Crippen LogP contribution is 2.61. The van der Waals surface area contributed by atoms with E-state index in [1.54, 1.807) is 0 Å². The van der Waals surface area contributed by atoms with Crippen LogP contribution >= 0.6 is 0 Å². The first kappa shape index (κ1) is 12.5. The Morgan fingerprint density at radius 2 is 1.72 bits per heavy atom. The summed E-state index contributed by atoms with van der Waals surface area (Å²) in [6, 6.07) is 0. The zero-order valence-corrected chi connectivity index (χ0v) is 11.8. The molecule has 0 aromatic carbocycles. The normalized spacial score (nSPS) is 46.4. The van der Waals surface area contributed by atoms with E-state index in [1.807, 2.05) is 0 Å². The van der Waals surface area contributed by atoms with E-state index in [1.165, 1.54) is 19.3 Å². The van der Waals surface area contributed by atoms with Crippen molar-refractivity contribution in [2.24, 2.45) is 17.3 Å². The molecule has 0 heterocycles. The van der Waals surface area contributed by atoms with Crippen LogP contribution in [0.3, 0.4) is 0 Å². The van der Waals surface area contributed by atoms with E-state index in [0.717, 1.165) is 19.3 Å². The van der Waals surface area contributed by atoms with Crippen LogP contribution in [-0.4, -0.2) is 22.2 Å². The lowest BCUT2D eigenvalue weighted by atomic mass is 9.46. The molecule has 0 aromatic heterocycles. The first-order valence-corrected chi connectivity index (χ1v) is 7.25. The Labute approximate surface area is 109 Å². The molecule has 2 atom stereocenters. The lowest BCUT2D eigenvalue weighted by Gasteiger charge is -2.62. The predicted molar refractivity (Wildman–Crippen MR) is 70.4 cm³/mol. The second kappa shape index (κ2) is 3.50. The van der Waals surface area contributed by atoms with E-state index < -0.39 is 11.4 Å². The number of hydrogen-bond donors (Lipinski definition) is 2. The van der Waals surface area contributed by atoms with Crippen molar-refractivity contribution in [2.75, 3.05) is 0 Å². The van der Waals surface area contributed by atoms with Gasteiger partial charge in [-0.05, 0) is 71.1 Å². The number of aliphatic carboxylic acids is 1. The second-order valence-corrected chi connectivity index (χ2v) is 8.20. The van der Waals surface area contributed by atoms with Gasteiger partial charge in [0.1, 0.15) is 0 Å². The van der Waals surface area contributed by atoms with Gasteiger partial charge in [0.05, 0.1) is 5.41 Å². The van der Waals surface area contributed by atoms with Gasteiger partial charge in [-0.3, -0.25) is 4.79 Å². The van der Waals surface area contributed by atoms with Crippen molar-refractivity contribution < 1.29 is 9.90 Å². The molecule has 3 nitrogen and oxygen atoms in total. The number of rotatable bonds is 2. The standard InChI is InChI=1S/C15H25NO2/c1-13(2,3)16-15-7-10-4-11(8-15)6-14(5-10,9-15)12(17)18/h10-11,16H,4-9H2,1-3H3,(H,17,18). The van der Waals surface area contributed by atoms with Crippen LogP contribution in [0.4, 0.5) is 0 Å². The Kier molecular flexibility index (Phi) is 2.42. The van der Waals surface area contributed by atoms with Crippen molar-refractivity contribution in [1.29, 1.82) is 0 Å². The summed E-state index contributed by atoms with van der Waals surface area (Å²) < 4.78 is 0. The maximum atomic E-state index is 11.7. The average Bonchev–Trinajstić information content (AvgIpc) is 2.10. The van der Waals surface area contributed by atoms with Crippen LogP contribution in [0, 0.1) is 17.3 Å². The van der Waals surface area contributed by atoms with Crippen LogP contribution in [0.2, 0.25) is 0 Å². The summed E-state index contributed by atoms with van der Waals surface area (Å²) in [5.74, 6) is 0.728. The molecular formula is C15H25NO2. The monoisotopic (exact) mass is 251 g/mol. The topological polar surface area (TPSA) is 49.3 Å². The number of carbonyl (C=O) groups is 1. The summed E-state index contributed by atoms with van der Waals surface area (Å²) in [7, 11) is 0. The number of carboxylic acid groups (broad SMARTS) is 1. The summed E-state index contributed by atoms with van der Waals surface area (Å²) in [4.78, 5) is 11.7. The van der Waals surface area contributed by atoms with Crippen molar-refractivity contribution in [1.82, 2.24) is 5.32 Å². The lowest BCUT2D eigenvalue weighted by Crippen LogP contribution is -2.66. The van der Waals surface area contributed by atoms with Crippen LogP contribution in [0.5, 0.6) is 0 Å². The van der Waals surface area contributed by atoms with Crippen LogP contribution in [0.25, 0.3) is 0 Å². The minimum atomic E-state index is -0.545. The van der Waals surface area contributed by atoms with Crippen LogP contribution in [0.1, 0.15) is 59.3 Å². The number of nitrogens with one attached hydrogen (secondary N) is 1. The van der Waals surface area contributed by atoms with E-state index in [-0.39, 0.29) is 11.1 Å². The highest BCUT2D eigenvalue weighted by molar-refractivity contribution is 5.75. The summed E-state index contributed by atoms with van der Waals surface area (Å²) in [6.45, 7) is 6.58. The molecule has 0 saturated heterocycles. The Hall–Kier alpha value is -0.570. The largest absolute Gasteiger partial charge is 0.481 e. The van der Waals surface area contributed by atoms with E-state index in [9.17, 15) is 9.90 Å². The Morgan fingerprint density at radius 1 is 1.17 bits per heavy atom. The van der Waals surface area contributed by atoms with Gasteiger partial charge < -0.3 is 10.4 Å². The van der Waals surface area contributed by atoms with Gasteiger partial charge in [-0.25, -0.2) is 0 Å². The van der Waals surface area contributed by atoms with Crippen LogP contribution < -0.4 is 5.32 Å². The Bertz CT molecular complexity index is 368. The summed E-state index contributed by atoms with van der Waals surface area (Å²) in [6.07, 6.45) is 6.34. The molecule has 4 aliphatic carbocycles. The molecule has 0 radical (unpaired) electrons. The van der Waals surface area contributed by atoms with E-state index in [0.29, 0.717) is 11.8 Å². The Balaban J connectivity index is 1.92. The number of hydrogen-bond acceptors (Lipinski definition) is 2. The first-order valence-electron chi connectivity index (χ1n) is 7.25. The fraction of sp³-hybridized carbons (Fsp3) is 0.933. The van der Waals surface area contributed by atoms with Crippen molar-refractivity contribution in [3.63, 3.8) is 0 Å². The van der Waals surface area contributed by atoms with Gasteiger partial charge in [0, 0.05) is 11.1 Å². The van der Waals surface area contributed by atoms with Gasteiger partial charge in [-0.15, -0.1) is 0 Å². The van der Waals surface area contributed by atoms with Gasteiger partial charge in [0.2, 0.25) is 0 Å². The van der Waals surface area contributed by atoms with E-state index in [4.69, 9.17) is 0 Å². The molecule has 4 bridgehead atoms. The third-order valence-electron chi connectivity index (χ3n) is 5.15. The van der Waals surface area contributed by atoms with E-state index >= 15 is 0 Å². The molecule has 4 rings (SSSR count). The highest BCUT2D eigenvalue weighted by Gasteiger charge is 2.61. The molecule has 4 saturated carbocycles. The molecule has 0 aliphatic heterocycles. The first-order chi connectivity index (χ1) is 8.22. The third-order valence-corrected chi connectivity index (χ3v) is 5.15. The molecule has 2 unspecified atom stereocenters. The molecule has 2 N–H and O–H groups in total. The smallest absolute Gasteiger partial charge is 0.309 e. The maximum Gasteiger partial charge on any atom is 0.309 e. The molecule has 102 valence electrons. The lowest BCUT2D eigenvalue weighted by molar-refractivity contribution is -0.169. The predicted octanol–water partition coefficient (Wildman–Crippen LogP) is 2.80. The van der Waals surface area contributed by atoms with Gasteiger partial charge >= 0.3 is 5.97 Å². The fourth-order valence-electron chi connectivity index (χ4n) is 5.45. The van der Waals surface area contributed by atoms with Crippen LogP contribution in [-0.2, 0) is 4.79 Å². The van der Waals surface area contributed by atoms with Crippen molar-refractivity contribution >= 4 is 5.97 Å². The molecular weight excluding hydrogens is 226 g/mol. The summed E-state index contributed by atoms with van der Waals surface area (Å²) in [5, 5.41) is 13.4. The average molecular weight is 251 g/mol. The van der Waals surface area contributed by atoms with Crippen molar-refractivity contribution in [3.05, 3.63) is 0 Å². The molecule has 3 heteroatoms. The zero-order valence-electron chi connectivity index (χ0n) is 11.8. The summed E-state index contributed by atoms with van der Waals surface area (Å²) in [5.41, 5.74) is -0.242. The quantitative estimate of drug-likeness (QED) is 0.793. The molecule has 0 aromatic rings. The minimum Gasteiger partial charge on any atom is -0.481 e. The molecule has 18 heavy (non-hydrogen) atoms. The van der Waals surface area contributed by atoms with Gasteiger partial charge in [0.25, 0.3) is 0 Å². The van der Waals surface area contributed by atoms with Crippen LogP contribution in [0.15, 0.2) is 0 Å². The fourth-order valence-corrected chi connectivity index (χ4v) is 5.45. The highest BCUT2D eigenvalue weighted by atomic mass is 16.4. The van der Waals surface area contributed by atoms with Crippen molar-refractivity contribution in [3.8, 4) is 0 Å². The molecule has 0 amide bonds. The van der Waals surface area contributed by atoms with Gasteiger partial charge in [0.15, 0.2) is 0 Å². The maximum absolute atomic E-state index is 11.7. The molecule has 0 spiro atoms. The number of carboxylic acids is 1. The molecule has 4 aliphatic rings. The van der Waals surface area contributed by atoms with Gasteiger partial charge in [-0.2, -0.15) is 0 Å². The van der Waals surface area contributed by atoms with Crippen molar-refractivity contribution in [2.45, 2.75) is 70.4 Å². The molecule has 4 fully saturated rings. The van der Waals surface area contributed by atoms with E-state index in [2.05, 4.69) is 26.1 Å². The van der Waals surface area contributed by atoms with Gasteiger partial charge in [-0.1, -0.05) is 0 Å². The SMILES string of the molecule is CC(C)(C)NC12CC3CC(C1)CC(C(=O)O)(C3)C2. The third kappa shape index (κ3) is 1.87. The zero-order chi connectivity index (χ0) is 13.2. The second-order valence-electron chi connectivity index (χ2n) is 8.20. The Morgan fingerprint density at radius 3 is 2.17 bits per heavy atom. The summed E-state index contributed by atoms with van der Waals surface area (Å²) >= 11 is 0.